The number of hydrogen-bond donors (Lipinski definition) is 1. The maximum Gasteiger partial charge on any atom is 0.255 e. The molecular formula is C26H32FN5O3. The third-order valence-corrected chi connectivity index (χ3v) is 6.73. The molecule has 1 unspecified atom stereocenters. The van der Waals surface area contributed by atoms with Gasteiger partial charge in [-0.15, -0.1) is 0 Å². The second kappa shape index (κ2) is 11.8. The van der Waals surface area contributed by atoms with Gasteiger partial charge in [0.1, 0.15) is 5.82 Å². The van der Waals surface area contributed by atoms with Crippen molar-refractivity contribution < 1.29 is 18.8 Å². The van der Waals surface area contributed by atoms with Gasteiger partial charge < -0.3 is 20.0 Å². The number of amides is 3. The second-order valence-corrected chi connectivity index (χ2v) is 9.05. The molecule has 1 aromatic heterocycles. The summed E-state index contributed by atoms with van der Waals surface area (Å²) >= 11 is 0. The topological polar surface area (TPSA) is 85.8 Å². The van der Waals surface area contributed by atoms with Crippen molar-refractivity contribution in [2.45, 2.75) is 25.7 Å². The summed E-state index contributed by atoms with van der Waals surface area (Å²) in [7, 11) is 0. The first kappa shape index (κ1) is 24.6. The van der Waals surface area contributed by atoms with Crippen molar-refractivity contribution in [2.75, 3.05) is 50.7 Å². The molecule has 2 aromatic rings. The van der Waals surface area contributed by atoms with E-state index in [1.165, 1.54) is 18.3 Å². The van der Waals surface area contributed by atoms with E-state index in [4.69, 9.17) is 0 Å². The van der Waals surface area contributed by atoms with Gasteiger partial charge in [-0.2, -0.15) is 0 Å². The first-order valence-electron chi connectivity index (χ1n) is 12.3. The number of piperazine rings is 1. The van der Waals surface area contributed by atoms with Crippen molar-refractivity contribution in [1.29, 1.82) is 0 Å². The Balaban J connectivity index is 1.35. The number of carbonyl (C=O) groups excluding carboxylic acids is 3. The molecule has 0 radical (unpaired) electrons. The first-order valence-corrected chi connectivity index (χ1v) is 12.3. The Bertz CT molecular complexity index is 1010. The SMILES string of the molecule is O=C1CCN(C(=O)c2cccnc2)CCCC(C(=O)N2CCN(c3ccc(F)cc3)CC2)CCN1. The standard InChI is InChI=1S/C26H32FN5O3/c27-22-5-7-23(8-6-22)30-15-17-32(18-16-30)25(34)20-4-2-13-31(14-10-24(33)29-12-9-20)26(35)21-3-1-11-28-19-21/h1,3,5-8,11,19-20H,2,4,9-10,12-18H2,(H,29,33). The Morgan fingerprint density at radius 1 is 0.943 bits per heavy atom. The number of hydrogen-bond acceptors (Lipinski definition) is 5. The number of rotatable bonds is 3. The molecule has 4 rings (SSSR count). The lowest BCUT2D eigenvalue weighted by molar-refractivity contribution is -0.136. The quantitative estimate of drug-likeness (QED) is 0.727. The van der Waals surface area contributed by atoms with E-state index in [1.54, 1.807) is 35.4 Å². The number of nitrogens with one attached hydrogen (secondary N) is 1. The van der Waals surface area contributed by atoms with E-state index >= 15 is 0 Å². The van der Waals surface area contributed by atoms with Crippen molar-refractivity contribution >= 4 is 23.4 Å². The largest absolute Gasteiger partial charge is 0.368 e. The molecule has 0 spiro atoms. The number of benzene rings is 1. The maximum absolute atomic E-state index is 13.4. The summed E-state index contributed by atoms with van der Waals surface area (Å²) < 4.78 is 13.2. The second-order valence-electron chi connectivity index (χ2n) is 9.05. The molecule has 0 saturated carbocycles. The molecule has 9 heteroatoms. The van der Waals surface area contributed by atoms with Crippen molar-refractivity contribution in [1.82, 2.24) is 20.1 Å². The molecule has 2 saturated heterocycles. The number of anilines is 1. The van der Waals surface area contributed by atoms with E-state index in [2.05, 4.69) is 15.2 Å². The summed E-state index contributed by atoms with van der Waals surface area (Å²) in [6.45, 7) is 3.85. The average molecular weight is 482 g/mol. The summed E-state index contributed by atoms with van der Waals surface area (Å²) in [5, 5.41) is 2.90. The van der Waals surface area contributed by atoms with E-state index in [1.807, 2.05) is 4.90 Å². The number of carbonyl (C=O) groups is 3. The van der Waals surface area contributed by atoms with Crippen LogP contribution in [0.4, 0.5) is 10.1 Å². The molecule has 186 valence electrons. The average Bonchev–Trinajstić information content (AvgIpc) is 2.93. The Morgan fingerprint density at radius 3 is 2.43 bits per heavy atom. The zero-order chi connectivity index (χ0) is 24.6. The van der Waals surface area contributed by atoms with Gasteiger partial charge in [0.15, 0.2) is 0 Å². The minimum atomic E-state index is -0.262. The van der Waals surface area contributed by atoms with Gasteiger partial charge in [0, 0.05) is 76.2 Å². The van der Waals surface area contributed by atoms with Crippen LogP contribution in [-0.2, 0) is 9.59 Å². The Morgan fingerprint density at radius 2 is 1.71 bits per heavy atom. The van der Waals surface area contributed by atoms with E-state index < -0.39 is 0 Å². The van der Waals surface area contributed by atoms with Gasteiger partial charge in [-0.25, -0.2) is 4.39 Å². The van der Waals surface area contributed by atoms with E-state index in [0.717, 1.165) is 5.69 Å². The summed E-state index contributed by atoms with van der Waals surface area (Å²) in [6.07, 6.45) is 5.31. The van der Waals surface area contributed by atoms with Crippen LogP contribution in [0.5, 0.6) is 0 Å². The predicted octanol–water partition coefficient (Wildman–Crippen LogP) is 2.32. The molecule has 3 amide bonds. The lowest BCUT2D eigenvalue weighted by Gasteiger charge is -2.37. The van der Waals surface area contributed by atoms with Crippen LogP contribution in [0.2, 0.25) is 0 Å². The van der Waals surface area contributed by atoms with E-state index in [0.29, 0.717) is 70.6 Å². The monoisotopic (exact) mass is 481 g/mol. The van der Waals surface area contributed by atoms with Crippen LogP contribution < -0.4 is 10.2 Å². The number of pyridine rings is 1. The summed E-state index contributed by atoms with van der Waals surface area (Å²) in [4.78, 5) is 48.4. The minimum Gasteiger partial charge on any atom is -0.368 e. The van der Waals surface area contributed by atoms with Crippen LogP contribution >= 0.6 is 0 Å². The van der Waals surface area contributed by atoms with Crippen LogP contribution in [0, 0.1) is 11.7 Å². The number of aromatic nitrogens is 1. The van der Waals surface area contributed by atoms with Gasteiger partial charge in [-0.3, -0.25) is 19.4 Å². The Hall–Kier alpha value is -3.49. The van der Waals surface area contributed by atoms with Gasteiger partial charge in [-0.05, 0) is 55.7 Å². The number of nitrogens with zero attached hydrogens (tertiary/aromatic N) is 4. The molecule has 2 aliphatic rings. The molecule has 35 heavy (non-hydrogen) atoms. The van der Waals surface area contributed by atoms with Crippen LogP contribution in [0.3, 0.4) is 0 Å². The molecule has 3 heterocycles. The lowest BCUT2D eigenvalue weighted by Crippen LogP contribution is -2.50. The number of halogens is 1. The van der Waals surface area contributed by atoms with Gasteiger partial charge >= 0.3 is 0 Å². The molecular weight excluding hydrogens is 449 g/mol. The highest BCUT2D eigenvalue weighted by Gasteiger charge is 2.28. The molecule has 1 N–H and O–H groups in total. The first-order chi connectivity index (χ1) is 17.0. The lowest BCUT2D eigenvalue weighted by atomic mass is 9.96. The van der Waals surface area contributed by atoms with Crippen LogP contribution in [0.25, 0.3) is 0 Å². The summed E-state index contributed by atoms with van der Waals surface area (Å²) in [6, 6.07) is 9.87. The van der Waals surface area contributed by atoms with Gasteiger partial charge in [0.05, 0.1) is 5.56 Å². The highest BCUT2D eigenvalue weighted by molar-refractivity contribution is 5.94. The molecule has 2 fully saturated rings. The molecule has 1 atom stereocenters. The molecule has 0 aliphatic carbocycles. The minimum absolute atomic E-state index is 0.0994. The molecule has 2 aliphatic heterocycles. The summed E-state index contributed by atoms with van der Waals surface area (Å²) in [5.74, 6) is -0.634. The highest BCUT2D eigenvalue weighted by atomic mass is 19.1. The fourth-order valence-corrected chi connectivity index (χ4v) is 4.71. The zero-order valence-corrected chi connectivity index (χ0v) is 19.9. The van der Waals surface area contributed by atoms with E-state index in [9.17, 15) is 18.8 Å². The highest BCUT2D eigenvalue weighted by Crippen LogP contribution is 2.21. The molecule has 8 nitrogen and oxygen atoms in total. The summed E-state index contributed by atoms with van der Waals surface area (Å²) in [5.41, 5.74) is 1.45. The van der Waals surface area contributed by atoms with Crippen LogP contribution in [-0.4, -0.2) is 78.3 Å². The molecule has 1 aromatic carbocycles. The van der Waals surface area contributed by atoms with Crippen LogP contribution in [0.1, 0.15) is 36.0 Å². The van der Waals surface area contributed by atoms with Crippen LogP contribution in [0.15, 0.2) is 48.8 Å². The van der Waals surface area contributed by atoms with Crippen molar-refractivity contribution in [3.63, 3.8) is 0 Å². The fraction of sp³-hybridized carbons (Fsp3) is 0.462. The normalized spacial score (nSPS) is 20.1. The Kier molecular flexibility index (Phi) is 8.28. The van der Waals surface area contributed by atoms with Gasteiger partial charge in [-0.1, -0.05) is 0 Å². The van der Waals surface area contributed by atoms with Gasteiger partial charge in [0.2, 0.25) is 11.8 Å². The fourth-order valence-electron chi connectivity index (χ4n) is 4.71. The molecule has 0 bridgehead atoms. The van der Waals surface area contributed by atoms with Crippen molar-refractivity contribution in [3.8, 4) is 0 Å². The smallest absolute Gasteiger partial charge is 0.255 e. The van der Waals surface area contributed by atoms with Crippen molar-refractivity contribution in [3.05, 3.63) is 60.2 Å². The van der Waals surface area contributed by atoms with Gasteiger partial charge in [0.25, 0.3) is 5.91 Å². The maximum atomic E-state index is 13.4. The predicted molar refractivity (Wildman–Crippen MR) is 130 cm³/mol. The Labute approximate surface area is 205 Å². The third-order valence-electron chi connectivity index (χ3n) is 6.73. The van der Waals surface area contributed by atoms with E-state index in [-0.39, 0.29) is 35.9 Å². The third kappa shape index (κ3) is 6.55. The van der Waals surface area contributed by atoms with Crippen molar-refractivity contribution in [2.24, 2.45) is 5.92 Å². The zero-order valence-electron chi connectivity index (χ0n) is 19.9.